The van der Waals surface area contributed by atoms with Crippen LogP contribution in [0.15, 0.2) is 6.07 Å². The van der Waals surface area contributed by atoms with E-state index in [1.165, 1.54) is 54.4 Å². The molecule has 18 heavy (non-hydrogen) atoms. The number of hydrogen-bond acceptors (Lipinski definition) is 0. The molecule has 0 aliphatic heterocycles. The molecule has 0 N–H and O–H groups in total. The highest BCUT2D eigenvalue weighted by Crippen LogP contribution is 2.32. The molecule has 1 saturated carbocycles. The first kappa shape index (κ1) is 13.6. The Hall–Kier alpha value is -0.780. The maximum Gasteiger partial charge on any atom is -0.0248 e. The van der Waals surface area contributed by atoms with Crippen molar-refractivity contribution in [2.24, 2.45) is 11.8 Å². The molecule has 0 bridgehead atoms. The Bertz CT molecular complexity index is 420. The standard InChI is InChI=1S/C18H28/c1-12-6-8-17(9-7-12)11-18-10-13(2)14(3)15(4)16(18)5/h10,12,17H,6-9,11H2,1-5H3. The minimum Gasteiger partial charge on any atom is -0.0625 e. The molecule has 1 aromatic carbocycles. The van der Waals surface area contributed by atoms with Crippen molar-refractivity contribution >= 4 is 0 Å². The van der Waals surface area contributed by atoms with Crippen LogP contribution in [0.5, 0.6) is 0 Å². The fourth-order valence-corrected chi connectivity index (χ4v) is 3.35. The summed E-state index contributed by atoms with van der Waals surface area (Å²) >= 11 is 0. The van der Waals surface area contributed by atoms with Gasteiger partial charge >= 0.3 is 0 Å². The Morgan fingerprint density at radius 2 is 1.50 bits per heavy atom. The number of aryl methyl sites for hydroxylation is 1. The highest BCUT2D eigenvalue weighted by molar-refractivity contribution is 5.43. The summed E-state index contributed by atoms with van der Waals surface area (Å²) < 4.78 is 0. The summed E-state index contributed by atoms with van der Waals surface area (Å²) in [6, 6.07) is 2.44. The van der Waals surface area contributed by atoms with Crippen molar-refractivity contribution in [3.05, 3.63) is 33.9 Å². The van der Waals surface area contributed by atoms with E-state index in [1.807, 2.05) is 0 Å². The van der Waals surface area contributed by atoms with Crippen molar-refractivity contribution < 1.29 is 0 Å². The molecule has 0 heterocycles. The molecule has 1 aromatic rings. The molecule has 0 nitrogen and oxygen atoms in total. The van der Waals surface area contributed by atoms with E-state index in [4.69, 9.17) is 0 Å². The average molecular weight is 244 g/mol. The first-order chi connectivity index (χ1) is 8.49. The minimum atomic E-state index is 0.932. The van der Waals surface area contributed by atoms with Crippen LogP contribution >= 0.6 is 0 Å². The molecule has 0 unspecified atom stereocenters. The summed E-state index contributed by atoms with van der Waals surface area (Å²) in [5.41, 5.74) is 7.60. The third kappa shape index (κ3) is 2.79. The summed E-state index contributed by atoms with van der Waals surface area (Å²) in [7, 11) is 0. The van der Waals surface area contributed by atoms with Gasteiger partial charge in [0, 0.05) is 0 Å². The van der Waals surface area contributed by atoms with Crippen LogP contribution < -0.4 is 0 Å². The van der Waals surface area contributed by atoms with Gasteiger partial charge in [-0.2, -0.15) is 0 Å². The molecule has 0 amide bonds. The van der Waals surface area contributed by atoms with Crippen molar-refractivity contribution in [3.63, 3.8) is 0 Å². The number of benzene rings is 1. The molecule has 100 valence electrons. The molecule has 1 aliphatic rings. The predicted octanol–water partition coefficient (Wildman–Crippen LogP) is 5.29. The third-order valence-electron chi connectivity index (χ3n) is 5.23. The van der Waals surface area contributed by atoms with Crippen LogP contribution in [0.2, 0.25) is 0 Å². The van der Waals surface area contributed by atoms with E-state index >= 15 is 0 Å². The SMILES string of the molecule is Cc1cc(CC2CCC(C)CC2)c(C)c(C)c1C. The van der Waals surface area contributed by atoms with E-state index in [0.717, 1.165) is 11.8 Å². The molecule has 0 heteroatoms. The molecule has 1 aliphatic carbocycles. The largest absolute Gasteiger partial charge is 0.0625 e. The second-order valence-corrected chi connectivity index (χ2v) is 6.56. The van der Waals surface area contributed by atoms with Gasteiger partial charge in [-0.1, -0.05) is 25.8 Å². The van der Waals surface area contributed by atoms with E-state index < -0.39 is 0 Å². The topological polar surface area (TPSA) is 0 Å². The number of hydrogen-bond donors (Lipinski definition) is 0. The van der Waals surface area contributed by atoms with E-state index in [-0.39, 0.29) is 0 Å². The van der Waals surface area contributed by atoms with Gasteiger partial charge in [0.05, 0.1) is 0 Å². The van der Waals surface area contributed by atoms with Crippen LogP contribution in [0.3, 0.4) is 0 Å². The highest BCUT2D eigenvalue weighted by Gasteiger charge is 2.19. The van der Waals surface area contributed by atoms with Crippen LogP contribution in [0.25, 0.3) is 0 Å². The average Bonchev–Trinajstić information content (AvgIpc) is 2.36. The molecular formula is C18H28. The van der Waals surface area contributed by atoms with E-state index in [0.29, 0.717) is 0 Å². The lowest BCUT2D eigenvalue weighted by molar-refractivity contribution is 0.288. The fourth-order valence-electron chi connectivity index (χ4n) is 3.35. The lowest BCUT2D eigenvalue weighted by Gasteiger charge is -2.27. The molecule has 0 spiro atoms. The summed E-state index contributed by atoms with van der Waals surface area (Å²) in [5.74, 6) is 1.89. The van der Waals surface area contributed by atoms with Crippen LogP contribution in [0.4, 0.5) is 0 Å². The minimum absolute atomic E-state index is 0.932. The van der Waals surface area contributed by atoms with Gasteiger partial charge in [-0.05, 0) is 86.6 Å². The van der Waals surface area contributed by atoms with Gasteiger partial charge < -0.3 is 0 Å². The van der Waals surface area contributed by atoms with Gasteiger partial charge in [-0.3, -0.25) is 0 Å². The molecule has 0 atom stereocenters. The highest BCUT2D eigenvalue weighted by atomic mass is 14.2. The first-order valence-corrected chi connectivity index (χ1v) is 7.55. The Morgan fingerprint density at radius 3 is 2.11 bits per heavy atom. The lowest BCUT2D eigenvalue weighted by Crippen LogP contribution is -2.15. The summed E-state index contributed by atoms with van der Waals surface area (Å²) in [6.07, 6.45) is 7.06. The Balaban J connectivity index is 2.14. The van der Waals surface area contributed by atoms with Crippen molar-refractivity contribution in [3.8, 4) is 0 Å². The second-order valence-electron chi connectivity index (χ2n) is 6.56. The Kier molecular flexibility index (Phi) is 4.14. The van der Waals surface area contributed by atoms with E-state index in [2.05, 4.69) is 40.7 Å². The quantitative estimate of drug-likeness (QED) is 0.663. The zero-order chi connectivity index (χ0) is 13.3. The molecular weight excluding hydrogens is 216 g/mol. The van der Waals surface area contributed by atoms with Crippen LogP contribution in [-0.4, -0.2) is 0 Å². The maximum atomic E-state index is 2.44. The van der Waals surface area contributed by atoms with Crippen molar-refractivity contribution in [2.75, 3.05) is 0 Å². The second kappa shape index (κ2) is 5.47. The van der Waals surface area contributed by atoms with Gasteiger partial charge in [-0.25, -0.2) is 0 Å². The smallest absolute Gasteiger partial charge is 0.0248 e. The first-order valence-electron chi connectivity index (χ1n) is 7.55. The van der Waals surface area contributed by atoms with Gasteiger partial charge in [0.25, 0.3) is 0 Å². The summed E-state index contributed by atoms with van der Waals surface area (Å²) in [5, 5.41) is 0. The third-order valence-corrected chi connectivity index (χ3v) is 5.23. The van der Waals surface area contributed by atoms with Crippen LogP contribution in [-0.2, 0) is 6.42 Å². The maximum absolute atomic E-state index is 2.44. The van der Waals surface area contributed by atoms with Crippen molar-refractivity contribution in [1.82, 2.24) is 0 Å². The van der Waals surface area contributed by atoms with Gasteiger partial charge in [0.15, 0.2) is 0 Å². The Labute approximate surface area is 113 Å². The van der Waals surface area contributed by atoms with E-state index in [9.17, 15) is 0 Å². The van der Waals surface area contributed by atoms with Gasteiger partial charge in [0.1, 0.15) is 0 Å². The molecule has 0 aromatic heterocycles. The zero-order valence-electron chi connectivity index (χ0n) is 12.8. The predicted molar refractivity (Wildman–Crippen MR) is 80.2 cm³/mol. The van der Waals surface area contributed by atoms with Gasteiger partial charge in [-0.15, -0.1) is 0 Å². The Morgan fingerprint density at radius 1 is 0.889 bits per heavy atom. The molecule has 0 saturated heterocycles. The summed E-state index contributed by atoms with van der Waals surface area (Å²) in [4.78, 5) is 0. The van der Waals surface area contributed by atoms with E-state index in [1.54, 1.807) is 5.56 Å². The van der Waals surface area contributed by atoms with Crippen molar-refractivity contribution in [1.29, 1.82) is 0 Å². The summed E-state index contributed by atoms with van der Waals surface area (Å²) in [6.45, 7) is 11.5. The molecule has 1 fully saturated rings. The van der Waals surface area contributed by atoms with Crippen LogP contribution in [0, 0.1) is 39.5 Å². The number of rotatable bonds is 2. The lowest BCUT2D eigenvalue weighted by atomic mass is 9.79. The zero-order valence-corrected chi connectivity index (χ0v) is 12.8. The van der Waals surface area contributed by atoms with Gasteiger partial charge in [0.2, 0.25) is 0 Å². The fraction of sp³-hybridized carbons (Fsp3) is 0.667. The normalized spacial score (nSPS) is 24.3. The monoisotopic (exact) mass is 244 g/mol. The van der Waals surface area contributed by atoms with Crippen molar-refractivity contribution in [2.45, 2.75) is 66.7 Å². The van der Waals surface area contributed by atoms with Crippen LogP contribution in [0.1, 0.15) is 60.4 Å². The molecule has 2 rings (SSSR count). The molecule has 0 radical (unpaired) electrons.